The third-order valence-electron chi connectivity index (χ3n) is 7.50. The number of nitrogens with zero attached hydrogens (tertiary/aromatic N) is 1. The summed E-state index contributed by atoms with van der Waals surface area (Å²) in [6, 6.07) is 27.3. The minimum atomic E-state index is -2.00. The molecule has 0 aliphatic carbocycles. The van der Waals surface area contributed by atoms with Crippen LogP contribution < -0.4 is 10.4 Å². The minimum Gasteiger partial charge on any atom is -0.309 e. The molecule has 0 radical (unpaired) electrons. The van der Waals surface area contributed by atoms with Crippen LogP contribution in [-0.4, -0.2) is 18.9 Å². The van der Waals surface area contributed by atoms with Crippen LogP contribution in [0.25, 0.3) is 27.8 Å². The normalized spacial score (nSPS) is 16.7. The predicted molar refractivity (Wildman–Crippen MR) is 143 cm³/mol. The minimum absolute atomic E-state index is 0.802. The highest BCUT2D eigenvalue weighted by Crippen LogP contribution is 2.39. The van der Waals surface area contributed by atoms with E-state index >= 15 is 0 Å². The second-order valence-electron chi connectivity index (χ2n) is 9.68. The summed E-state index contributed by atoms with van der Waals surface area (Å²) in [7, 11) is -2.00. The topological polar surface area (TPSA) is 22.0 Å². The van der Waals surface area contributed by atoms with E-state index in [4.69, 9.17) is 0 Å². The Morgan fingerprint density at radius 1 is 0.848 bits per heavy atom. The van der Waals surface area contributed by atoms with Gasteiger partial charge in [-0.2, -0.15) is 0 Å². The van der Waals surface area contributed by atoms with Crippen molar-refractivity contribution in [2.45, 2.75) is 58.0 Å². The van der Waals surface area contributed by atoms with E-state index in [2.05, 4.69) is 84.8 Å². The Balaban J connectivity index is 1.68. The van der Waals surface area contributed by atoms with Gasteiger partial charge < -0.3 is 4.57 Å². The Morgan fingerprint density at radius 3 is 2.36 bits per heavy atom. The monoisotopic (exact) mass is 451 g/mol. The van der Waals surface area contributed by atoms with E-state index in [0.717, 1.165) is 11.8 Å². The van der Waals surface area contributed by atoms with Crippen LogP contribution in [-0.2, 0) is 0 Å². The van der Waals surface area contributed by atoms with E-state index in [-0.39, 0.29) is 0 Å². The molecule has 0 spiro atoms. The SMILES string of the molecule is CCCCCCCC[Si]1(C)c2cc(C=O)ccc2-c2c1c1ccccc1n2-c1ccccc1. The number of unbranched alkanes of at least 4 members (excludes halogenated alkanes) is 5. The van der Waals surface area contributed by atoms with Gasteiger partial charge in [0.05, 0.1) is 11.2 Å². The summed E-state index contributed by atoms with van der Waals surface area (Å²) < 4.78 is 2.46. The fourth-order valence-corrected chi connectivity index (χ4v) is 10.5. The second kappa shape index (κ2) is 9.15. The summed E-state index contributed by atoms with van der Waals surface area (Å²) in [4.78, 5) is 11.7. The highest BCUT2D eigenvalue weighted by molar-refractivity contribution is 7.06. The first-order valence-electron chi connectivity index (χ1n) is 12.5. The number of aromatic nitrogens is 1. The van der Waals surface area contributed by atoms with Gasteiger partial charge in [-0.3, -0.25) is 4.79 Å². The van der Waals surface area contributed by atoms with Crippen LogP contribution >= 0.6 is 0 Å². The van der Waals surface area contributed by atoms with Crippen molar-refractivity contribution in [1.82, 2.24) is 4.57 Å². The fraction of sp³-hybridized carbons (Fsp3) is 0.300. The van der Waals surface area contributed by atoms with Crippen molar-refractivity contribution < 1.29 is 4.79 Å². The molecule has 1 unspecified atom stereocenters. The van der Waals surface area contributed by atoms with E-state index in [0.29, 0.717) is 0 Å². The Kier molecular flexibility index (Phi) is 6.07. The molecular formula is C30H33NOSi. The fourth-order valence-electron chi connectivity index (χ4n) is 5.85. The molecule has 0 N–H and O–H groups in total. The summed E-state index contributed by atoms with van der Waals surface area (Å²) in [6.45, 7) is 4.82. The lowest BCUT2D eigenvalue weighted by Crippen LogP contribution is -2.52. The van der Waals surface area contributed by atoms with Gasteiger partial charge in [0.2, 0.25) is 0 Å². The second-order valence-corrected chi connectivity index (χ2v) is 13.9. The van der Waals surface area contributed by atoms with Gasteiger partial charge in [0, 0.05) is 16.6 Å². The number of carbonyl (C=O) groups excluding carboxylic acids is 1. The molecule has 33 heavy (non-hydrogen) atoms. The largest absolute Gasteiger partial charge is 0.309 e. The maximum atomic E-state index is 11.7. The molecule has 1 aliphatic heterocycles. The zero-order chi connectivity index (χ0) is 22.8. The van der Waals surface area contributed by atoms with Crippen molar-refractivity contribution in [2.75, 3.05) is 0 Å². The molecule has 0 bridgehead atoms. The smallest absolute Gasteiger partial charge is 0.150 e. The Bertz CT molecular complexity index is 1290. The molecule has 0 amide bonds. The zero-order valence-electron chi connectivity index (χ0n) is 19.8. The van der Waals surface area contributed by atoms with E-state index in [9.17, 15) is 4.79 Å². The van der Waals surface area contributed by atoms with Crippen LogP contribution in [0.15, 0.2) is 72.8 Å². The first-order chi connectivity index (χ1) is 16.2. The van der Waals surface area contributed by atoms with Gasteiger partial charge in [-0.25, -0.2) is 0 Å². The maximum absolute atomic E-state index is 11.7. The molecule has 0 fully saturated rings. The summed E-state index contributed by atoms with van der Waals surface area (Å²) in [6.07, 6.45) is 8.88. The van der Waals surface area contributed by atoms with Crippen molar-refractivity contribution in [3.8, 4) is 16.9 Å². The van der Waals surface area contributed by atoms with Crippen molar-refractivity contribution in [2.24, 2.45) is 0 Å². The average molecular weight is 452 g/mol. The standard InChI is InChI=1S/C30H33NOSi/c1-3-4-5-6-7-13-20-33(2)28-21-23(22-32)18-19-26(28)29-30(33)25-16-11-12-17-27(25)31(29)24-14-9-8-10-15-24/h8-12,14-19,21-22H,3-7,13,20H2,1-2H3. The number of aldehydes is 1. The molecule has 1 atom stereocenters. The number of rotatable bonds is 9. The first kappa shape index (κ1) is 21.9. The van der Waals surface area contributed by atoms with Crippen LogP contribution in [0.2, 0.25) is 12.6 Å². The predicted octanol–water partition coefficient (Wildman–Crippen LogP) is 6.98. The van der Waals surface area contributed by atoms with Crippen LogP contribution in [0, 0.1) is 0 Å². The lowest BCUT2D eigenvalue weighted by Gasteiger charge is -2.25. The van der Waals surface area contributed by atoms with Gasteiger partial charge in [0.25, 0.3) is 0 Å². The quantitative estimate of drug-likeness (QED) is 0.153. The number of benzene rings is 3. The molecule has 3 heteroatoms. The molecule has 0 saturated heterocycles. The van der Waals surface area contributed by atoms with Crippen molar-refractivity contribution >= 4 is 35.6 Å². The molecular weight excluding hydrogens is 418 g/mol. The van der Waals surface area contributed by atoms with Gasteiger partial charge in [-0.1, -0.05) is 107 Å². The summed E-state index contributed by atoms with van der Waals surface area (Å²) in [5, 5.41) is 4.40. The highest BCUT2D eigenvalue weighted by Gasteiger charge is 2.45. The van der Waals surface area contributed by atoms with E-state index in [1.165, 1.54) is 77.6 Å². The van der Waals surface area contributed by atoms with Gasteiger partial charge in [-0.15, -0.1) is 0 Å². The van der Waals surface area contributed by atoms with Crippen molar-refractivity contribution in [3.63, 3.8) is 0 Å². The lowest BCUT2D eigenvalue weighted by molar-refractivity contribution is 0.112. The summed E-state index contributed by atoms with van der Waals surface area (Å²) in [5.41, 5.74) is 5.99. The first-order valence-corrected chi connectivity index (χ1v) is 15.2. The molecule has 168 valence electrons. The van der Waals surface area contributed by atoms with Crippen molar-refractivity contribution in [1.29, 1.82) is 0 Å². The van der Waals surface area contributed by atoms with E-state index in [1.807, 2.05) is 6.07 Å². The number of para-hydroxylation sites is 2. The number of hydrogen-bond acceptors (Lipinski definition) is 1. The third-order valence-corrected chi connectivity index (χ3v) is 12.1. The Labute approximate surface area is 198 Å². The van der Waals surface area contributed by atoms with Crippen LogP contribution in [0.1, 0.15) is 55.8 Å². The Hall–Kier alpha value is -2.91. The van der Waals surface area contributed by atoms with E-state index in [1.54, 1.807) is 5.19 Å². The maximum Gasteiger partial charge on any atom is 0.150 e. The highest BCUT2D eigenvalue weighted by atomic mass is 28.3. The van der Waals surface area contributed by atoms with E-state index < -0.39 is 8.07 Å². The molecule has 3 aromatic carbocycles. The van der Waals surface area contributed by atoms with Gasteiger partial charge in [0.15, 0.2) is 0 Å². The molecule has 0 saturated carbocycles. The third kappa shape index (κ3) is 3.69. The molecule has 1 aromatic heterocycles. The number of carbonyl (C=O) groups is 1. The van der Waals surface area contributed by atoms with Gasteiger partial charge >= 0.3 is 0 Å². The lowest BCUT2D eigenvalue weighted by atomic mass is 10.1. The Morgan fingerprint density at radius 2 is 1.58 bits per heavy atom. The molecule has 2 heterocycles. The molecule has 4 aromatic rings. The zero-order valence-corrected chi connectivity index (χ0v) is 20.8. The van der Waals surface area contributed by atoms with Crippen LogP contribution in [0.5, 0.6) is 0 Å². The van der Waals surface area contributed by atoms with Crippen molar-refractivity contribution in [3.05, 3.63) is 78.4 Å². The summed E-state index contributed by atoms with van der Waals surface area (Å²) in [5.74, 6) is 0. The molecule has 2 nitrogen and oxygen atoms in total. The number of fused-ring (bicyclic) bond motifs is 5. The van der Waals surface area contributed by atoms with Crippen LogP contribution in [0.3, 0.4) is 0 Å². The molecule has 5 rings (SSSR count). The van der Waals surface area contributed by atoms with Crippen LogP contribution in [0.4, 0.5) is 0 Å². The van der Waals surface area contributed by atoms with Gasteiger partial charge in [0.1, 0.15) is 14.4 Å². The average Bonchev–Trinajstić information content (AvgIpc) is 3.33. The summed E-state index contributed by atoms with van der Waals surface area (Å²) >= 11 is 0. The van der Waals surface area contributed by atoms with Gasteiger partial charge in [-0.05, 0) is 40.2 Å². The number of hydrogen-bond donors (Lipinski definition) is 0. The molecule has 1 aliphatic rings.